The third-order valence-electron chi connectivity index (χ3n) is 5.43. The van der Waals surface area contributed by atoms with Gasteiger partial charge in [-0.2, -0.15) is 5.26 Å². The summed E-state index contributed by atoms with van der Waals surface area (Å²) in [5.41, 5.74) is 3.82. The average Bonchev–Trinajstić information content (AvgIpc) is 2.72. The van der Waals surface area contributed by atoms with Crippen LogP contribution in [-0.2, 0) is 17.6 Å². The minimum atomic E-state index is -0.340. The van der Waals surface area contributed by atoms with Crippen molar-refractivity contribution in [1.29, 1.82) is 5.26 Å². The molecule has 4 nitrogen and oxygen atoms in total. The van der Waals surface area contributed by atoms with Crippen molar-refractivity contribution in [2.24, 2.45) is 0 Å². The Bertz CT molecular complexity index is 915. The minimum Gasteiger partial charge on any atom is -0.341 e. The van der Waals surface area contributed by atoms with E-state index >= 15 is 0 Å². The highest BCUT2D eigenvalue weighted by Crippen LogP contribution is 2.29. The van der Waals surface area contributed by atoms with Crippen LogP contribution in [0.15, 0.2) is 36.4 Å². The van der Waals surface area contributed by atoms with Gasteiger partial charge in [0.1, 0.15) is 12.1 Å². The van der Waals surface area contributed by atoms with E-state index in [1.54, 1.807) is 30.1 Å². The van der Waals surface area contributed by atoms with Crippen molar-refractivity contribution < 1.29 is 14.0 Å². The molecule has 0 aliphatic heterocycles. The molecular weight excluding hydrogens is 355 g/mol. The maximum atomic E-state index is 13.2. The number of aryl methyl sites for hydroxylation is 1. The zero-order valence-corrected chi connectivity index (χ0v) is 16.0. The van der Waals surface area contributed by atoms with Crippen molar-refractivity contribution >= 4 is 12.2 Å². The van der Waals surface area contributed by atoms with E-state index in [1.165, 1.54) is 12.1 Å². The highest BCUT2D eigenvalue weighted by Gasteiger charge is 2.25. The van der Waals surface area contributed by atoms with E-state index in [9.17, 15) is 19.2 Å². The molecule has 0 aromatic heterocycles. The molecule has 0 saturated heterocycles. The molecule has 0 N–H and O–H groups in total. The molecule has 5 heteroatoms. The van der Waals surface area contributed by atoms with Gasteiger partial charge >= 0.3 is 0 Å². The third-order valence-corrected chi connectivity index (χ3v) is 5.43. The summed E-state index contributed by atoms with van der Waals surface area (Å²) in [7, 11) is 1.69. The van der Waals surface area contributed by atoms with E-state index in [-0.39, 0.29) is 24.1 Å². The summed E-state index contributed by atoms with van der Waals surface area (Å²) in [6.45, 7) is 0.317. The maximum absolute atomic E-state index is 13.2. The summed E-state index contributed by atoms with van der Waals surface area (Å²) >= 11 is 0. The number of hydrogen-bond acceptors (Lipinski definition) is 3. The first-order chi connectivity index (χ1) is 13.5. The van der Waals surface area contributed by atoms with Crippen molar-refractivity contribution in [3.8, 4) is 6.07 Å². The van der Waals surface area contributed by atoms with Gasteiger partial charge in [-0.05, 0) is 60.6 Å². The molecule has 1 atom stereocenters. The lowest BCUT2D eigenvalue weighted by Crippen LogP contribution is -2.33. The smallest absolute Gasteiger partial charge is 0.255 e. The molecule has 2 aromatic rings. The standard InChI is InChI=1S/C23H23FN2O2/c1-26(15-19(12-13-27)16-8-10-20(24)11-9-16)23(28)22-18(14-25)7-6-17-4-2-3-5-21(17)22/h6-11,13,19H,2-5,12,15H2,1H3/t19-/m1/s1. The molecule has 0 heterocycles. The highest BCUT2D eigenvalue weighted by molar-refractivity contribution is 5.98. The first-order valence-electron chi connectivity index (χ1n) is 9.54. The normalized spacial score (nSPS) is 13.9. The molecule has 1 aliphatic carbocycles. The number of aldehydes is 1. The predicted molar refractivity (Wildman–Crippen MR) is 105 cm³/mol. The number of amides is 1. The zero-order chi connectivity index (χ0) is 20.1. The molecule has 144 valence electrons. The summed E-state index contributed by atoms with van der Waals surface area (Å²) in [5.74, 6) is -0.766. The van der Waals surface area contributed by atoms with E-state index in [0.717, 1.165) is 48.7 Å². The second kappa shape index (κ2) is 8.79. The van der Waals surface area contributed by atoms with Gasteiger partial charge in [0, 0.05) is 25.9 Å². The van der Waals surface area contributed by atoms with Crippen LogP contribution in [0, 0.1) is 17.1 Å². The van der Waals surface area contributed by atoms with Crippen LogP contribution in [-0.4, -0.2) is 30.7 Å². The fourth-order valence-electron chi connectivity index (χ4n) is 3.94. The van der Waals surface area contributed by atoms with Crippen molar-refractivity contribution in [2.45, 2.75) is 38.0 Å². The fourth-order valence-corrected chi connectivity index (χ4v) is 3.94. The highest BCUT2D eigenvalue weighted by atomic mass is 19.1. The number of hydrogen-bond donors (Lipinski definition) is 0. The number of halogens is 1. The zero-order valence-electron chi connectivity index (χ0n) is 16.0. The van der Waals surface area contributed by atoms with E-state index in [2.05, 4.69) is 6.07 Å². The number of likely N-dealkylation sites (N-methyl/N-ethyl adjacent to an activating group) is 1. The van der Waals surface area contributed by atoms with Crippen LogP contribution in [0.5, 0.6) is 0 Å². The Balaban J connectivity index is 1.88. The molecule has 0 saturated carbocycles. The number of nitrogens with zero attached hydrogens (tertiary/aromatic N) is 2. The first-order valence-corrected chi connectivity index (χ1v) is 9.54. The molecule has 1 amide bonds. The molecule has 2 aromatic carbocycles. The van der Waals surface area contributed by atoms with Gasteiger partial charge < -0.3 is 9.69 Å². The van der Waals surface area contributed by atoms with Gasteiger partial charge in [-0.25, -0.2) is 4.39 Å². The fraction of sp³-hybridized carbons (Fsp3) is 0.348. The van der Waals surface area contributed by atoms with Gasteiger partial charge in [-0.3, -0.25) is 4.79 Å². The summed E-state index contributed by atoms with van der Waals surface area (Å²) in [4.78, 5) is 26.0. The van der Waals surface area contributed by atoms with Crippen LogP contribution in [0.1, 0.15) is 57.8 Å². The van der Waals surface area contributed by atoms with Crippen LogP contribution in [0.2, 0.25) is 0 Å². The number of rotatable bonds is 6. The van der Waals surface area contributed by atoms with Crippen LogP contribution in [0.25, 0.3) is 0 Å². The summed E-state index contributed by atoms with van der Waals surface area (Å²) in [5, 5.41) is 9.52. The third kappa shape index (κ3) is 4.12. The second-order valence-corrected chi connectivity index (χ2v) is 7.28. The van der Waals surface area contributed by atoms with Crippen molar-refractivity contribution in [2.75, 3.05) is 13.6 Å². The van der Waals surface area contributed by atoms with Gasteiger partial charge in [0.2, 0.25) is 0 Å². The van der Waals surface area contributed by atoms with E-state index in [4.69, 9.17) is 0 Å². The van der Waals surface area contributed by atoms with Gasteiger partial charge in [0.15, 0.2) is 0 Å². The van der Waals surface area contributed by atoms with Gasteiger partial charge in [0.25, 0.3) is 5.91 Å². The molecule has 0 bridgehead atoms. The van der Waals surface area contributed by atoms with E-state index in [1.807, 2.05) is 6.07 Å². The average molecular weight is 378 g/mol. The van der Waals surface area contributed by atoms with Crippen molar-refractivity contribution in [1.82, 2.24) is 4.90 Å². The Morgan fingerprint density at radius 2 is 1.93 bits per heavy atom. The second-order valence-electron chi connectivity index (χ2n) is 7.28. The first kappa shape index (κ1) is 19.8. The Morgan fingerprint density at radius 3 is 2.61 bits per heavy atom. The van der Waals surface area contributed by atoms with Crippen LogP contribution < -0.4 is 0 Å². The Labute approximate surface area is 164 Å². The molecule has 0 unspecified atom stereocenters. The molecule has 0 radical (unpaired) electrons. The van der Waals surface area contributed by atoms with E-state index in [0.29, 0.717) is 17.7 Å². The number of carbonyl (C=O) groups excluding carboxylic acids is 2. The Hall–Kier alpha value is -3.00. The Morgan fingerprint density at radius 1 is 1.21 bits per heavy atom. The molecule has 0 spiro atoms. The summed E-state index contributed by atoms with van der Waals surface area (Å²) < 4.78 is 13.2. The number of fused-ring (bicyclic) bond motifs is 1. The number of nitriles is 1. The molecule has 0 fully saturated rings. The summed E-state index contributed by atoms with van der Waals surface area (Å²) in [6.07, 6.45) is 4.88. The molecule has 28 heavy (non-hydrogen) atoms. The molecular formula is C23H23FN2O2. The quantitative estimate of drug-likeness (QED) is 0.713. The topological polar surface area (TPSA) is 61.2 Å². The van der Waals surface area contributed by atoms with E-state index < -0.39 is 0 Å². The SMILES string of the molecule is CN(C[C@@H](CC=O)c1ccc(F)cc1)C(=O)c1c(C#N)ccc2c1CCCC2. The Kier molecular flexibility index (Phi) is 6.20. The minimum absolute atomic E-state index is 0.201. The largest absolute Gasteiger partial charge is 0.341 e. The van der Waals surface area contributed by atoms with Crippen molar-refractivity contribution in [3.05, 3.63) is 70.0 Å². The summed E-state index contributed by atoms with van der Waals surface area (Å²) in [6, 6.07) is 11.8. The molecule has 3 rings (SSSR count). The van der Waals surface area contributed by atoms with Gasteiger partial charge in [0.05, 0.1) is 17.2 Å². The lowest BCUT2D eigenvalue weighted by molar-refractivity contribution is -0.108. The van der Waals surface area contributed by atoms with Crippen LogP contribution in [0.3, 0.4) is 0 Å². The number of benzene rings is 2. The van der Waals surface area contributed by atoms with Crippen LogP contribution in [0.4, 0.5) is 4.39 Å². The lowest BCUT2D eigenvalue weighted by atomic mass is 9.85. The number of carbonyl (C=O) groups is 2. The molecule has 1 aliphatic rings. The van der Waals surface area contributed by atoms with Gasteiger partial charge in [-0.1, -0.05) is 18.2 Å². The monoisotopic (exact) mass is 378 g/mol. The van der Waals surface area contributed by atoms with Crippen molar-refractivity contribution in [3.63, 3.8) is 0 Å². The van der Waals surface area contributed by atoms with Crippen LogP contribution >= 0.6 is 0 Å². The van der Waals surface area contributed by atoms with Gasteiger partial charge in [-0.15, -0.1) is 0 Å². The lowest BCUT2D eigenvalue weighted by Gasteiger charge is -2.26. The maximum Gasteiger partial charge on any atom is 0.255 e. The predicted octanol–water partition coefficient (Wildman–Crippen LogP) is 4.02.